The van der Waals surface area contributed by atoms with Crippen molar-refractivity contribution < 1.29 is 9.18 Å². The number of anilines is 1. The second kappa shape index (κ2) is 9.26. The zero-order chi connectivity index (χ0) is 22.8. The number of nitrogens with one attached hydrogen (secondary N) is 1. The van der Waals surface area contributed by atoms with E-state index in [-0.39, 0.29) is 18.3 Å². The summed E-state index contributed by atoms with van der Waals surface area (Å²) in [5, 5.41) is 12.3. The van der Waals surface area contributed by atoms with E-state index >= 15 is 0 Å². The predicted molar refractivity (Wildman–Crippen MR) is 126 cm³/mol. The molecular formula is C23H20BrClFN5O. The molecule has 4 rings (SSSR count). The van der Waals surface area contributed by atoms with E-state index in [0.29, 0.717) is 33.0 Å². The molecule has 0 bridgehead atoms. The van der Waals surface area contributed by atoms with Crippen LogP contribution in [0.4, 0.5) is 10.2 Å². The van der Waals surface area contributed by atoms with Crippen molar-refractivity contribution in [2.45, 2.75) is 26.9 Å². The molecule has 9 heteroatoms. The van der Waals surface area contributed by atoms with Crippen molar-refractivity contribution in [1.29, 1.82) is 0 Å². The highest BCUT2D eigenvalue weighted by Gasteiger charge is 2.15. The smallest absolute Gasteiger partial charge is 0.256 e. The van der Waals surface area contributed by atoms with Crippen LogP contribution in [0, 0.1) is 19.7 Å². The van der Waals surface area contributed by atoms with E-state index in [1.807, 2.05) is 36.7 Å². The van der Waals surface area contributed by atoms with Crippen LogP contribution < -0.4 is 5.32 Å². The first-order valence-corrected chi connectivity index (χ1v) is 11.0. The van der Waals surface area contributed by atoms with E-state index in [9.17, 15) is 9.18 Å². The van der Waals surface area contributed by atoms with E-state index in [4.69, 9.17) is 11.6 Å². The van der Waals surface area contributed by atoms with Gasteiger partial charge in [-0.3, -0.25) is 14.2 Å². The molecule has 0 saturated carbocycles. The number of nitrogens with zero attached hydrogens (tertiary/aromatic N) is 4. The average molecular weight is 517 g/mol. The fourth-order valence-electron chi connectivity index (χ4n) is 3.36. The molecule has 0 aliphatic carbocycles. The number of halogens is 3. The molecule has 0 atom stereocenters. The van der Waals surface area contributed by atoms with Gasteiger partial charge in [-0.15, -0.1) is 0 Å². The molecular weight excluding hydrogens is 497 g/mol. The number of amides is 1. The Bertz CT molecular complexity index is 1300. The van der Waals surface area contributed by atoms with E-state index in [0.717, 1.165) is 17.0 Å². The van der Waals surface area contributed by atoms with Gasteiger partial charge in [0.2, 0.25) is 0 Å². The van der Waals surface area contributed by atoms with Crippen LogP contribution in [0.15, 0.2) is 59.2 Å². The monoisotopic (exact) mass is 515 g/mol. The van der Waals surface area contributed by atoms with Crippen molar-refractivity contribution >= 4 is 39.3 Å². The van der Waals surface area contributed by atoms with E-state index < -0.39 is 0 Å². The van der Waals surface area contributed by atoms with Gasteiger partial charge < -0.3 is 5.32 Å². The Morgan fingerprint density at radius 1 is 1.12 bits per heavy atom. The quantitative estimate of drug-likeness (QED) is 0.363. The van der Waals surface area contributed by atoms with Gasteiger partial charge in [0.1, 0.15) is 5.82 Å². The lowest BCUT2D eigenvalue weighted by atomic mass is 10.1. The summed E-state index contributed by atoms with van der Waals surface area (Å²) in [5.74, 6) is -0.234. The lowest BCUT2D eigenvalue weighted by Gasteiger charge is -2.08. The van der Waals surface area contributed by atoms with Gasteiger partial charge in [0, 0.05) is 17.3 Å². The van der Waals surface area contributed by atoms with Crippen LogP contribution in [-0.4, -0.2) is 25.5 Å². The third-order valence-corrected chi connectivity index (χ3v) is 6.18. The first kappa shape index (κ1) is 22.2. The van der Waals surface area contributed by atoms with Gasteiger partial charge in [0.15, 0.2) is 5.82 Å². The van der Waals surface area contributed by atoms with Crippen LogP contribution in [0.1, 0.15) is 32.9 Å². The second-order valence-electron chi connectivity index (χ2n) is 7.41. The number of carbonyl (C=O) groups excluding carboxylic acids is 1. The van der Waals surface area contributed by atoms with Crippen LogP contribution in [0.25, 0.3) is 0 Å². The summed E-state index contributed by atoms with van der Waals surface area (Å²) in [6.45, 7) is 4.52. The Morgan fingerprint density at radius 2 is 1.91 bits per heavy atom. The molecule has 32 heavy (non-hydrogen) atoms. The summed E-state index contributed by atoms with van der Waals surface area (Å²) >= 11 is 9.64. The fraction of sp³-hybridized carbons (Fsp3) is 0.174. The van der Waals surface area contributed by atoms with Gasteiger partial charge in [-0.2, -0.15) is 10.2 Å². The van der Waals surface area contributed by atoms with Gasteiger partial charge in [-0.25, -0.2) is 4.39 Å². The SMILES string of the molecule is Cc1nn(Cc2cccc(C(=O)Nc3nn(Cc4ccccc4F)cc3Br)c2)c(C)c1Cl. The molecule has 0 aliphatic heterocycles. The Kier molecular flexibility index (Phi) is 6.43. The Hall–Kier alpha value is -2.97. The topological polar surface area (TPSA) is 64.7 Å². The fourth-order valence-corrected chi connectivity index (χ4v) is 3.91. The zero-order valence-electron chi connectivity index (χ0n) is 17.4. The van der Waals surface area contributed by atoms with Crippen LogP contribution in [-0.2, 0) is 13.1 Å². The summed E-state index contributed by atoms with van der Waals surface area (Å²) in [4.78, 5) is 12.8. The number of aromatic nitrogens is 4. The Morgan fingerprint density at radius 3 is 2.62 bits per heavy atom. The zero-order valence-corrected chi connectivity index (χ0v) is 19.8. The van der Waals surface area contributed by atoms with Crippen LogP contribution in [0.2, 0.25) is 5.02 Å². The molecule has 0 unspecified atom stereocenters. The van der Waals surface area contributed by atoms with Crippen molar-refractivity contribution in [2.75, 3.05) is 5.32 Å². The number of benzene rings is 2. The number of hydrogen-bond acceptors (Lipinski definition) is 3. The third-order valence-electron chi connectivity index (χ3n) is 5.05. The van der Waals surface area contributed by atoms with E-state index in [2.05, 4.69) is 31.4 Å². The first-order chi connectivity index (χ1) is 15.3. The lowest BCUT2D eigenvalue weighted by molar-refractivity contribution is 0.102. The molecule has 0 saturated heterocycles. The molecule has 0 spiro atoms. The maximum Gasteiger partial charge on any atom is 0.256 e. The summed E-state index contributed by atoms with van der Waals surface area (Å²) < 4.78 is 17.9. The van der Waals surface area contributed by atoms with Crippen molar-refractivity contribution in [3.63, 3.8) is 0 Å². The van der Waals surface area contributed by atoms with Gasteiger partial charge >= 0.3 is 0 Å². The number of aryl methyl sites for hydroxylation is 1. The molecule has 164 valence electrons. The molecule has 2 aromatic carbocycles. The van der Waals surface area contributed by atoms with Gasteiger partial charge in [-0.1, -0.05) is 41.9 Å². The average Bonchev–Trinajstić information content (AvgIpc) is 3.23. The van der Waals surface area contributed by atoms with Gasteiger partial charge in [0.05, 0.1) is 34.0 Å². The van der Waals surface area contributed by atoms with Crippen molar-refractivity contribution in [3.05, 3.63) is 98.1 Å². The lowest BCUT2D eigenvalue weighted by Crippen LogP contribution is -2.14. The second-order valence-corrected chi connectivity index (χ2v) is 8.64. The highest BCUT2D eigenvalue weighted by molar-refractivity contribution is 9.10. The summed E-state index contributed by atoms with van der Waals surface area (Å²) in [6.07, 6.45) is 1.70. The maximum absolute atomic E-state index is 13.9. The number of hydrogen-bond donors (Lipinski definition) is 1. The van der Waals surface area contributed by atoms with Gasteiger partial charge in [-0.05, 0) is 53.5 Å². The minimum Gasteiger partial charge on any atom is -0.304 e. The van der Waals surface area contributed by atoms with Crippen molar-refractivity contribution in [2.24, 2.45) is 0 Å². The Labute approximate surface area is 198 Å². The molecule has 6 nitrogen and oxygen atoms in total. The number of carbonyl (C=O) groups is 1. The van der Waals surface area contributed by atoms with Crippen molar-refractivity contribution in [3.8, 4) is 0 Å². The van der Waals surface area contributed by atoms with Gasteiger partial charge in [0.25, 0.3) is 5.91 Å². The van der Waals surface area contributed by atoms with E-state index in [1.165, 1.54) is 6.07 Å². The molecule has 0 fully saturated rings. The Balaban J connectivity index is 1.48. The summed E-state index contributed by atoms with van der Waals surface area (Å²) in [6, 6.07) is 13.8. The largest absolute Gasteiger partial charge is 0.304 e. The first-order valence-electron chi connectivity index (χ1n) is 9.88. The minimum absolute atomic E-state index is 0.252. The standard InChI is InChI=1S/C23H20BrClFN5O/c1-14-21(25)15(2)31(28-14)11-16-6-5-8-17(10-16)23(32)27-22-19(24)13-30(29-22)12-18-7-3-4-9-20(18)26/h3-10,13H,11-12H2,1-2H3,(H,27,29,32). The van der Waals surface area contributed by atoms with Crippen LogP contribution >= 0.6 is 27.5 Å². The molecule has 0 radical (unpaired) electrons. The highest BCUT2D eigenvalue weighted by atomic mass is 79.9. The number of rotatable bonds is 6. The van der Waals surface area contributed by atoms with Crippen LogP contribution in [0.3, 0.4) is 0 Å². The van der Waals surface area contributed by atoms with Crippen molar-refractivity contribution in [1.82, 2.24) is 19.6 Å². The molecule has 4 aromatic rings. The highest BCUT2D eigenvalue weighted by Crippen LogP contribution is 2.23. The third kappa shape index (κ3) is 4.76. The summed E-state index contributed by atoms with van der Waals surface area (Å²) in [7, 11) is 0. The molecule has 2 heterocycles. The maximum atomic E-state index is 13.9. The molecule has 2 aromatic heterocycles. The minimum atomic E-state index is -0.301. The van der Waals surface area contributed by atoms with Crippen LogP contribution in [0.5, 0.6) is 0 Å². The van der Waals surface area contributed by atoms with E-state index in [1.54, 1.807) is 35.1 Å². The predicted octanol–water partition coefficient (Wildman–Crippen LogP) is 5.60. The molecule has 1 amide bonds. The normalized spacial score (nSPS) is 11.0. The molecule has 1 N–H and O–H groups in total. The molecule has 0 aliphatic rings. The summed E-state index contributed by atoms with van der Waals surface area (Å²) in [5.41, 5.74) is 3.57.